The average Bonchev–Trinajstić information content (AvgIpc) is 3.61. The maximum absolute atomic E-state index is 14.5. The van der Waals surface area contributed by atoms with Crippen LogP contribution in [0.4, 0.5) is 9.39 Å². The van der Waals surface area contributed by atoms with Gasteiger partial charge in [0.25, 0.3) is 11.5 Å². The minimum absolute atomic E-state index is 0.0283. The Morgan fingerprint density at radius 2 is 2.03 bits per heavy atom. The molecule has 0 aliphatic heterocycles. The number of furan rings is 1. The quantitative estimate of drug-likeness (QED) is 0.347. The summed E-state index contributed by atoms with van der Waals surface area (Å²) in [6.45, 7) is 1.69. The summed E-state index contributed by atoms with van der Waals surface area (Å²) in [4.78, 5) is 38.8. The number of halogens is 1. The van der Waals surface area contributed by atoms with E-state index >= 15 is 0 Å². The van der Waals surface area contributed by atoms with E-state index in [1.165, 1.54) is 35.9 Å². The zero-order valence-electron chi connectivity index (χ0n) is 18.0. The summed E-state index contributed by atoms with van der Waals surface area (Å²) >= 11 is 0.999. The molecule has 0 unspecified atom stereocenters. The van der Waals surface area contributed by atoms with Crippen molar-refractivity contribution >= 4 is 39.0 Å². The number of fused-ring (bicyclic) bond motifs is 1. The van der Waals surface area contributed by atoms with E-state index in [0.29, 0.717) is 5.76 Å². The molecule has 0 saturated heterocycles. The first-order valence-electron chi connectivity index (χ1n) is 10.3. The number of benzene rings is 1. The number of hydrogen-bond acceptors (Lipinski definition) is 9. The summed E-state index contributed by atoms with van der Waals surface area (Å²) in [5, 5.41) is 12.2. The molecule has 0 bridgehead atoms. The minimum Gasteiger partial charge on any atom is -0.461 e. The lowest BCUT2D eigenvalue weighted by molar-refractivity contribution is 0.0519. The Bertz CT molecular complexity index is 1620. The van der Waals surface area contributed by atoms with Crippen LogP contribution in [0.2, 0.25) is 0 Å². The normalized spacial score (nSPS) is 11.0. The number of anilines is 1. The van der Waals surface area contributed by atoms with E-state index in [0.717, 1.165) is 22.1 Å². The zero-order chi connectivity index (χ0) is 24.5. The molecule has 176 valence electrons. The molecule has 10 nitrogen and oxygen atoms in total. The smallest absolute Gasteiger partial charge is 0.359 e. The molecule has 4 aromatic heterocycles. The van der Waals surface area contributed by atoms with E-state index in [4.69, 9.17) is 13.7 Å². The molecule has 0 aliphatic rings. The molecule has 0 aliphatic carbocycles. The third-order valence-electron chi connectivity index (χ3n) is 4.94. The van der Waals surface area contributed by atoms with E-state index < -0.39 is 23.3 Å². The first-order valence-corrected chi connectivity index (χ1v) is 11.1. The monoisotopic (exact) mass is 494 g/mol. The number of carbonyl (C=O) groups excluding carboxylic acids is 2. The summed E-state index contributed by atoms with van der Waals surface area (Å²) < 4.78 is 30.7. The van der Waals surface area contributed by atoms with Crippen LogP contribution >= 0.6 is 11.3 Å². The standard InChI is InChI=1S/C23H15FN4O6S/c1-2-32-23(31)19-12-11-35-21(18(12)22(30)28(26-19)15-7-4-3-6-13(15)24)25-20(29)14-10-17(34-27-14)16-8-5-9-33-16/h3-11H,2H2,1H3,(H,25,29). The van der Waals surface area contributed by atoms with Crippen LogP contribution in [0.15, 0.2) is 67.8 Å². The van der Waals surface area contributed by atoms with Gasteiger partial charge in [0, 0.05) is 16.8 Å². The molecule has 4 heterocycles. The topological polar surface area (TPSA) is 129 Å². The number of rotatable bonds is 6. The van der Waals surface area contributed by atoms with Crippen molar-refractivity contribution in [3.8, 4) is 17.2 Å². The number of nitrogens with one attached hydrogen (secondary N) is 1. The second-order valence-corrected chi connectivity index (χ2v) is 7.98. The zero-order valence-corrected chi connectivity index (χ0v) is 18.8. The Balaban J connectivity index is 1.60. The molecule has 0 radical (unpaired) electrons. The van der Waals surface area contributed by atoms with Crippen molar-refractivity contribution in [3.63, 3.8) is 0 Å². The van der Waals surface area contributed by atoms with Crippen molar-refractivity contribution in [3.05, 3.63) is 81.7 Å². The van der Waals surface area contributed by atoms with Crippen LogP contribution in [0, 0.1) is 5.82 Å². The van der Waals surface area contributed by atoms with Gasteiger partial charge in [-0.2, -0.15) is 9.78 Å². The number of thiophene rings is 1. The minimum atomic E-state index is -0.794. The van der Waals surface area contributed by atoms with Gasteiger partial charge in [-0.05, 0) is 31.2 Å². The molecular weight excluding hydrogens is 479 g/mol. The Morgan fingerprint density at radius 3 is 2.77 bits per heavy atom. The highest BCUT2D eigenvalue weighted by molar-refractivity contribution is 7.16. The molecule has 0 atom stereocenters. The number of nitrogens with zero attached hydrogens (tertiary/aromatic N) is 3. The van der Waals surface area contributed by atoms with Crippen molar-refractivity contribution in [1.29, 1.82) is 0 Å². The van der Waals surface area contributed by atoms with Gasteiger partial charge in [0.15, 0.2) is 17.1 Å². The van der Waals surface area contributed by atoms with Gasteiger partial charge in [-0.25, -0.2) is 9.18 Å². The number of carbonyl (C=O) groups is 2. The molecule has 0 spiro atoms. The van der Waals surface area contributed by atoms with E-state index in [2.05, 4.69) is 15.6 Å². The molecule has 1 aromatic carbocycles. The van der Waals surface area contributed by atoms with Crippen molar-refractivity contribution in [2.24, 2.45) is 0 Å². The van der Waals surface area contributed by atoms with Crippen LogP contribution < -0.4 is 10.9 Å². The Morgan fingerprint density at radius 1 is 1.20 bits per heavy atom. The molecule has 5 aromatic rings. The van der Waals surface area contributed by atoms with Gasteiger partial charge in [-0.15, -0.1) is 11.3 Å². The van der Waals surface area contributed by atoms with Crippen LogP contribution in [0.25, 0.3) is 28.0 Å². The van der Waals surface area contributed by atoms with E-state index in [-0.39, 0.29) is 45.2 Å². The third-order valence-corrected chi connectivity index (χ3v) is 5.83. The maximum Gasteiger partial charge on any atom is 0.359 e. The van der Waals surface area contributed by atoms with Crippen LogP contribution in [0.5, 0.6) is 0 Å². The Labute approximate surface area is 199 Å². The predicted octanol–water partition coefficient (Wildman–Crippen LogP) is 4.26. The van der Waals surface area contributed by atoms with Gasteiger partial charge in [-0.3, -0.25) is 9.59 Å². The fourth-order valence-corrected chi connectivity index (χ4v) is 4.29. The SMILES string of the molecule is CCOC(=O)c1nn(-c2ccccc2F)c(=O)c2c(NC(=O)c3cc(-c4ccco4)on3)scc12. The summed E-state index contributed by atoms with van der Waals surface area (Å²) in [5.41, 5.74) is -1.14. The summed E-state index contributed by atoms with van der Waals surface area (Å²) in [7, 11) is 0. The maximum atomic E-state index is 14.5. The third kappa shape index (κ3) is 3.99. The highest BCUT2D eigenvalue weighted by Gasteiger charge is 2.25. The van der Waals surface area contributed by atoms with E-state index in [1.807, 2.05) is 0 Å². The first-order chi connectivity index (χ1) is 17.0. The molecule has 35 heavy (non-hydrogen) atoms. The Kier molecular flexibility index (Phi) is 5.71. The number of amides is 1. The molecule has 0 fully saturated rings. The Hall–Kier alpha value is -4.58. The highest BCUT2D eigenvalue weighted by atomic mass is 32.1. The van der Waals surface area contributed by atoms with Crippen molar-refractivity contribution in [2.75, 3.05) is 11.9 Å². The number of para-hydroxylation sites is 1. The second kappa shape index (κ2) is 8.99. The number of ether oxygens (including phenoxy) is 1. The summed E-state index contributed by atoms with van der Waals surface area (Å²) in [5.74, 6) is -1.55. The lowest BCUT2D eigenvalue weighted by Crippen LogP contribution is -2.26. The van der Waals surface area contributed by atoms with Crippen LogP contribution in [-0.2, 0) is 4.74 Å². The van der Waals surface area contributed by atoms with Crippen LogP contribution in [0.3, 0.4) is 0 Å². The number of hydrogen-bond donors (Lipinski definition) is 1. The molecule has 1 amide bonds. The highest BCUT2D eigenvalue weighted by Crippen LogP contribution is 2.31. The molecule has 1 N–H and O–H groups in total. The van der Waals surface area contributed by atoms with E-state index in [1.54, 1.807) is 19.1 Å². The van der Waals surface area contributed by atoms with Crippen molar-refractivity contribution in [1.82, 2.24) is 14.9 Å². The largest absolute Gasteiger partial charge is 0.461 e. The molecule has 0 saturated carbocycles. The summed E-state index contributed by atoms with van der Waals surface area (Å²) in [6.07, 6.45) is 1.45. The van der Waals surface area contributed by atoms with Gasteiger partial charge < -0.3 is 19.0 Å². The molecule has 5 rings (SSSR count). The average molecular weight is 494 g/mol. The molecular formula is C23H15FN4O6S. The number of aromatic nitrogens is 3. The predicted molar refractivity (Wildman–Crippen MR) is 123 cm³/mol. The first kappa shape index (κ1) is 22.2. The van der Waals surface area contributed by atoms with Gasteiger partial charge in [0.1, 0.15) is 16.5 Å². The van der Waals surface area contributed by atoms with Gasteiger partial charge >= 0.3 is 5.97 Å². The number of esters is 1. The lowest BCUT2D eigenvalue weighted by Gasteiger charge is -2.10. The van der Waals surface area contributed by atoms with E-state index in [9.17, 15) is 18.8 Å². The van der Waals surface area contributed by atoms with Gasteiger partial charge in [0.05, 0.1) is 18.3 Å². The van der Waals surface area contributed by atoms with Crippen LogP contribution in [0.1, 0.15) is 27.9 Å². The van der Waals surface area contributed by atoms with Crippen molar-refractivity contribution < 1.29 is 27.7 Å². The fraction of sp³-hybridized carbons (Fsp3) is 0.0870. The molecule has 12 heteroatoms. The van der Waals surface area contributed by atoms with Crippen molar-refractivity contribution in [2.45, 2.75) is 6.92 Å². The lowest BCUT2D eigenvalue weighted by atomic mass is 10.2. The van der Waals surface area contributed by atoms with Gasteiger partial charge in [-0.1, -0.05) is 17.3 Å². The van der Waals surface area contributed by atoms with Crippen LogP contribution in [-0.4, -0.2) is 33.4 Å². The fourth-order valence-electron chi connectivity index (χ4n) is 3.36. The van der Waals surface area contributed by atoms with Gasteiger partial charge in [0.2, 0.25) is 5.76 Å². The second-order valence-electron chi connectivity index (χ2n) is 7.10. The summed E-state index contributed by atoms with van der Waals surface area (Å²) in [6, 6.07) is 10.2.